The number of para-hydroxylation sites is 1. The number of hydrogen-bond acceptors (Lipinski definition) is 3. The number of aromatic carboxylic acids is 1. The van der Waals surface area contributed by atoms with E-state index >= 15 is 0 Å². The van der Waals surface area contributed by atoms with Crippen LogP contribution < -0.4 is 10.6 Å². The number of nitrogens with zero attached hydrogens (tertiary/aromatic N) is 1. The van der Waals surface area contributed by atoms with Crippen LogP contribution in [0.3, 0.4) is 0 Å². The van der Waals surface area contributed by atoms with Crippen LogP contribution in [0.4, 0.5) is 10.5 Å². The lowest BCUT2D eigenvalue weighted by molar-refractivity contribution is 0.0698. The van der Waals surface area contributed by atoms with Crippen molar-refractivity contribution in [2.45, 2.75) is 19.9 Å². The number of anilines is 1. The number of hydrogen-bond donors (Lipinski definition) is 3. The van der Waals surface area contributed by atoms with Gasteiger partial charge in [0.05, 0.1) is 11.3 Å². The van der Waals surface area contributed by atoms with Crippen LogP contribution in [0.15, 0.2) is 18.2 Å². The number of likely N-dealkylation sites (N-methyl/N-ethyl adjacent to an activating group) is 1. The summed E-state index contributed by atoms with van der Waals surface area (Å²) in [4.78, 5) is 24.9. The monoisotopic (exact) mass is 279 g/mol. The first-order valence-corrected chi connectivity index (χ1v) is 6.37. The predicted octanol–water partition coefficient (Wildman–Crippen LogP) is 1.76. The minimum atomic E-state index is -1.06. The van der Waals surface area contributed by atoms with Gasteiger partial charge in [-0.3, -0.25) is 0 Å². The molecule has 0 spiro atoms. The van der Waals surface area contributed by atoms with Gasteiger partial charge in [0.25, 0.3) is 0 Å². The zero-order valence-corrected chi connectivity index (χ0v) is 12.2. The van der Waals surface area contributed by atoms with Crippen LogP contribution in [0.2, 0.25) is 0 Å². The maximum atomic E-state index is 11.8. The summed E-state index contributed by atoms with van der Waals surface area (Å²) in [5.74, 6) is -1.06. The molecule has 110 valence electrons. The van der Waals surface area contributed by atoms with Crippen LogP contribution >= 0.6 is 0 Å². The molecule has 6 heteroatoms. The van der Waals surface area contributed by atoms with Gasteiger partial charge >= 0.3 is 12.0 Å². The fourth-order valence-electron chi connectivity index (χ4n) is 1.59. The molecule has 1 rings (SSSR count). The van der Waals surface area contributed by atoms with E-state index in [-0.39, 0.29) is 11.6 Å². The van der Waals surface area contributed by atoms with Gasteiger partial charge in [-0.05, 0) is 39.6 Å². The normalized spacial score (nSPS) is 12.1. The van der Waals surface area contributed by atoms with Crippen molar-refractivity contribution in [3.8, 4) is 0 Å². The van der Waals surface area contributed by atoms with Crippen LogP contribution in [0.25, 0.3) is 0 Å². The number of carbonyl (C=O) groups is 2. The number of carboxylic acid groups (broad SMARTS) is 1. The average Bonchev–Trinajstić information content (AvgIpc) is 2.37. The Labute approximate surface area is 118 Å². The molecular formula is C14H21N3O3. The van der Waals surface area contributed by atoms with Gasteiger partial charge in [-0.1, -0.05) is 12.1 Å². The van der Waals surface area contributed by atoms with Crippen molar-refractivity contribution in [2.75, 3.05) is 26.0 Å². The Bertz CT molecular complexity index is 500. The van der Waals surface area contributed by atoms with Gasteiger partial charge in [0, 0.05) is 12.6 Å². The second kappa shape index (κ2) is 6.91. The molecule has 0 aliphatic carbocycles. The van der Waals surface area contributed by atoms with Gasteiger partial charge in [0.1, 0.15) is 0 Å². The maximum Gasteiger partial charge on any atom is 0.337 e. The van der Waals surface area contributed by atoms with E-state index in [1.807, 2.05) is 25.9 Å². The molecule has 0 heterocycles. The highest BCUT2D eigenvalue weighted by molar-refractivity contribution is 6.00. The number of aryl methyl sites for hydroxylation is 1. The molecule has 1 unspecified atom stereocenters. The van der Waals surface area contributed by atoms with E-state index in [0.29, 0.717) is 17.8 Å². The molecule has 20 heavy (non-hydrogen) atoms. The molecule has 0 aromatic heterocycles. The van der Waals surface area contributed by atoms with Gasteiger partial charge in [-0.2, -0.15) is 0 Å². The van der Waals surface area contributed by atoms with Gasteiger partial charge in [-0.15, -0.1) is 0 Å². The van der Waals surface area contributed by atoms with Crippen molar-refractivity contribution in [3.63, 3.8) is 0 Å². The fraction of sp³-hybridized carbons (Fsp3) is 0.429. The summed E-state index contributed by atoms with van der Waals surface area (Å²) in [5.41, 5.74) is 1.12. The molecule has 3 N–H and O–H groups in total. The highest BCUT2D eigenvalue weighted by atomic mass is 16.4. The van der Waals surface area contributed by atoms with Crippen molar-refractivity contribution in [2.24, 2.45) is 0 Å². The molecule has 0 radical (unpaired) electrons. The number of nitrogens with one attached hydrogen (secondary N) is 2. The first kappa shape index (κ1) is 16.0. The summed E-state index contributed by atoms with van der Waals surface area (Å²) in [5, 5.41) is 14.4. The van der Waals surface area contributed by atoms with E-state index in [9.17, 15) is 9.59 Å². The molecular weight excluding hydrogens is 258 g/mol. The van der Waals surface area contributed by atoms with Crippen LogP contribution in [0.5, 0.6) is 0 Å². The summed E-state index contributed by atoms with van der Waals surface area (Å²) in [6.45, 7) is 4.22. The third-order valence-electron chi connectivity index (χ3n) is 3.18. The minimum Gasteiger partial charge on any atom is -0.478 e. The van der Waals surface area contributed by atoms with Crippen LogP contribution in [-0.4, -0.2) is 48.7 Å². The molecule has 0 aliphatic heterocycles. The summed E-state index contributed by atoms with van der Waals surface area (Å²) in [7, 11) is 3.85. The van der Waals surface area contributed by atoms with E-state index in [1.165, 1.54) is 6.07 Å². The predicted molar refractivity (Wildman–Crippen MR) is 78.3 cm³/mol. The Morgan fingerprint density at radius 3 is 2.55 bits per heavy atom. The molecule has 0 saturated heterocycles. The molecule has 1 atom stereocenters. The highest BCUT2D eigenvalue weighted by Gasteiger charge is 2.14. The van der Waals surface area contributed by atoms with E-state index in [2.05, 4.69) is 10.6 Å². The minimum absolute atomic E-state index is 0.0841. The van der Waals surface area contributed by atoms with Gasteiger partial charge in [0.15, 0.2) is 0 Å². The van der Waals surface area contributed by atoms with Gasteiger partial charge in [0.2, 0.25) is 0 Å². The quantitative estimate of drug-likeness (QED) is 0.767. The molecule has 2 amide bonds. The van der Waals surface area contributed by atoms with Crippen LogP contribution in [-0.2, 0) is 0 Å². The van der Waals surface area contributed by atoms with E-state index in [0.717, 1.165) is 0 Å². The summed E-state index contributed by atoms with van der Waals surface area (Å²) < 4.78 is 0. The number of benzene rings is 1. The third-order valence-corrected chi connectivity index (χ3v) is 3.18. The largest absolute Gasteiger partial charge is 0.478 e. The number of carbonyl (C=O) groups excluding carboxylic acids is 1. The zero-order chi connectivity index (χ0) is 15.3. The Morgan fingerprint density at radius 2 is 2.00 bits per heavy atom. The SMILES string of the molecule is Cc1cccc(C(=O)O)c1NC(=O)NCC(C)N(C)C. The number of amides is 2. The number of rotatable bonds is 5. The lowest BCUT2D eigenvalue weighted by Crippen LogP contribution is -2.40. The molecule has 1 aromatic carbocycles. The van der Waals surface area contributed by atoms with Crippen LogP contribution in [0.1, 0.15) is 22.8 Å². The first-order valence-electron chi connectivity index (χ1n) is 6.37. The summed E-state index contributed by atoms with van der Waals surface area (Å²) in [6, 6.07) is 4.65. The summed E-state index contributed by atoms with van der Waals surface area (Å²) >= 11 is 0. The summed E-state index contributed by atoms with van der Waals surface area (Å²) in [6.07, 6.45) is 0. The second-order valence-corrected chi connectivity index (χ2v) is 4.95. The van der Waals surface area contributed by atoms with Crippen molar-refractivity contribution >= 4 is 17.7 Å². The Morgan fingerprint density at radius 1 is 1.35 bits per heavy atom. The van der Waals surface area contributed by atoms with E-state index in [4.69, 9.17) is 5.11 Å². The van der Waals surface area contributed by atoms with Crippen LogP contribution in [0, 0.1) is 6.92 Å². The molecule has 1 aromatic rings. The molecule has 0 aliphatic rings. The van der Waals surface area contributed by atoms with E-state index < -0.39 is 12.0 Å². The molecule has 0 bridgehead atoms. The van der Waals surface area contributed by atoms with Gasteiger partial charge < -0.3 is 20.6 Å². The molecule has 0 fully saturated rings. The first-order chi connectivity index (χ1) is 9.32. The topological polar surface area (TPSA) is 81.7 Å². The standard InChI is InChI=1S/C14H21N3O3/c1-9-6-5-7-11(13(18)19)12(9)16-14(20)15-8-10(2)17(3)4/h5-7,10H,8H2,1-4H3,(H,18,19)(H2,15,16,20). The smallest absolute Gasteiger partial charge is 0.337 e. The Hall–Kier alpha value is -2.08. The lowest BCUT2D eigenvalue weighted by Gasteiger charge is -2.20. The van der Waals surface area contributed by atoms with Gasteiger partial charge in [-0.25, -0.2) is 9.59 Å². The average molecular weight is 279 g/mol. The highest BCUT2D eigenvalue weighted by Crippen LogP contribution is 2.20. The number of carboxylic acids is 1. The zero-order valence-electron chi connectivity index (χ0n) is 12.2. The molecule has 6 nitrogen and oxygen atoms in total. The third kappa shape index (κ3) is 4.24. The van der Waals surface area contributed by atoms with Crippen molar-refractivity contribution in [1.29, 1.82) is 0 Å². The maximum absolute atomic E-state index is 11.8. The fourth-order valence-corrected chi connectivity index (χ4v) is 1.59. The van der Waals surface area contributed by atoms with Crippen molar-refractivity contribution in [1.82, 2.24) is 10.2 Å². The Balaban J connectivity index is 2.74. The lowest BCUT2D eigenvalue weighted by atomic mass is 10.1. The van der Waals surface area contributed by atoms with Crippen molar-refractivity contribution in [3.05, 3.63) is 29.3 Å². The van der Waals surface area contributed by atoms with Crippen molar-refractivity contribution < 1.29 is 14.7 Å². The van der Waals surface area contributed by atoms with E-state index in [1.54, 1.807) is 19.1 Å². The molecule has 0 saturated carbocycles. The second-order valence-electron chi connectivity index (χ2n) is 4.95. The number of urea groups is 1. The Kier molecular flexibility index (Phi) is 5.52.